The Hall–Kier alpha value is -6.42. The van der Waals surface area contributed by atoms with Crippen molar-refractivity contribution in [1.29, 1.82) is 0 Å². The van der Waals surface area contributed by atoms with Crippen molar-refractivity contribution in [2.24, 2.45) is 22.7 Å². The van der Waals surface area contributed by atoms with Gasteiger partial charge in [0, 0.05) is 93.8 Å². The van der Waals surface area contributed by atoms with Gasteiger partial charge in [-0.1, -0.05) is 116 Å². The molecule has 3 aromatic rings. The minimum Gasteiger partial charge on any atom is -0.344 e. The fourth-order valence-corrected chi connectivity index (χ4v) is 12.4. The average molecular weight is 1130 g/mol. The molecule has 4 saturated heterocycles. The van der Waals surface area contributed by atoms with E-state index in [1.54, 1.807) is 41.1 Å². The molecule has 4 fully saturated rings. The summed E-state index contributed by atoms with van der Waals surface area (Å²) in [6.07, 6.45) is 7.20. The molecule has 82 heavy (non-hydrogen) atoms. The quantitative estimate of drug-likeness (QED) is 0.0958. The van der Waals surface area contributed by atoms with Gasteiger partial charge in [-0.3, -0.25) is 38.4 Å². The number of rotatable bonds is 23. The molecule has 2 N–H and O–H groups in total. The Bertz CT molecular complexity index is 2510. The number of benzene rings is 3. The van der Waals surface area contributed by atoms with Crippen LogP contribution in [0.1, 0.15) is 158 Å². The average Bonchev–Trinajstić information content (AvgIpc) is 4.37. The molecule has 7 amide bonds. The van der Waals surface area contributed by atoms with Crippen molar-refractivity contribution in [2.45, 2.75) is 176 Å². The highest BCUT2D eigenvalue weighted by atomic mass is 16.2. The largest absolute Gasteiger partial charge is 0.344 e. The van der Waals surface area contributed by atoms with Gasteiger partial charge in [0.05, 0.1) is 6.04 Å². The molecule has 4 aliphatic heterocycles. The highest BCUT2D eigenvalue weighted by Crippen LogP contribution is 2.35. The summed E-state index contributed by atoms with van der Waals surface area (Å²) in [6.45, 7) is 20.7. The van der Waals surface area contributed by atoms with Gasteiger partial charge < -0.3 is 40.0 Å². The maximum atomic E-state index is 15.0. The number of likely N-dealkylation sites (N-methyl/N-ethyl adjacent to an activating group) is 1. The highest BCUT2D eigenvalue weighted by Gasteiger charge is 2.45. The van der Waals surface area contributed by atoms with E-state index in [2.05, 4.69) is 10.6 Å². The minimum absolute atomic E-state index is 0.0148. The molecule has 0 unspecified atom stereocenters. The summed E-state index contributed by atoms with van der Waals surface area (Å²) in [6, 6.07) is 23.4. The first-order valence-electron chi connectivity index (χ1n) is 30.5. The lowest BCUT2D eigenvalue weighted by Crippen LogP contribution is -2.58. The molecule has 0 aliphatic carbocycles. The van der Waals surface area contributed by atoms with Crippen LogP contribution < -0.4 is 10.6 Å². The molecule has 8 atom stereocenters. The van der Waals surface area contributed by atoms with Crippen LogP contribution in [0.3, 0.4) is 0 Å². The number of hydrogen-bond acceptors (Lipinski definition) is 9. The van der Waals surface area contributed by atoms with E-state index in [0.29, 0.717) is 115 Å². The Morgan fingerprint density at radius 3 is 1.38 bits per heavy atom. The third-order valence-electron chi connectivity index (χ3n) is 17.9. The Morgan fingerprint density at radius 1 is 0.561 bits per heavy atom. The van der Waals surface area contributed by atoms with Crippen molar-refractivity contribution in [3.63, 3.8) is 0 Å². The van der Waals surface area contributed by atoms with Gasteiger partial charge in [0.2, 0.25) is 29.5 Å². The van der Waals surface area contributed by atoms with Crippen molar-refractivity contribution in [3.8, 4) is 0 Å². The minimum atomic E-state index is -0.740. The Balaban J connectivity index is 1.05. The number of carbonyl (C=O) groups is 8. The lowest BCUT2D eigenvalue weighted by atomic mass is 9.76. The van der Waals surface area contributed by atoms with Crippen LogP contribution >= 0.6 is 0 Å². The van der Waals surface area contributed by atoms with E-state index in [1.807, 2.05) is 143 Å². The number of hydrogen-bond donors (Lipinski definition) is 2. The number of ketones is 1. The molecule has 0 spiro atoms. The van der Waals surface area contributed by atoms with Gasteiger partial charge in [0.1, 0.15) is 23.9 Å². The molecule has 4 aliphatic rings. The lowest BCUT2D eigenvalue weighted by molar-refractivity contribution is -0.145. The molecule has 7 rings (SSSR count). The van der Waals surface area contributed by atoms with E-state index in [1.165, 1.54) is 0 Å². The molecule has 4 heterocycles. The standard InChI is InChI=1S/C66H94N8O8/c1-11-45(2)58(76)68-57(66(7,8)9)64(82)72-37-19-27-52(72)44-70(41-35-48-24-16-13-17-25-48)63(81)55-29-21-39-74(55)60(78)50-32-30-49(31-33-50)59(77)73-38-20-28-54(73)62(80)69(40-34-47-22-14-12-15-23-47)43-51-26-18-36-71(51)61(79)53(65(4,5)6)42-56(75)46(3)67-10/h12-17,22-25,30-33,45-46,51-55,57,67H,11,18-21,26-29,34-44H2,1-10H3,(H,68,76)/t45-,46+,51+,52+,53-,54-,55-,57-/m1/s1. The van der Waals surface area contributed by atoms with Crippen molar-refractivity contribution in [1.82, 2.24) is 40.0 Å². The van der Waals surface area contributed by atoms with E-state index in [9.17, 15) is 38.4 Å². The van der Waals surface area contributed by atoms with Gasteiger partial charge in [0.15, 0.2) is 0 Å². The van der Waals surface area contributed by atoms with Gasteiger partial charge in [-0.15, -0.1) is 0 Å². The summed E-state index contributed by atoms with van der Waals surface area (Å²) in [5.74, 6) is -2.09. The Morgan fingerprint density at radius 2 is 0.976 bits per heavy atom. The zero-order valence-electron chi connectivity index (χ0n) is 50.8. The van der Waals surface area contributed by atoms with Crippen LogP contribution in [0.5, 0.6) is 0 Å². The van der Waals surface area contributed by atoms with Gasteiger partial charge >= 0.3 is 0 Å². The first-order chi connectivity index (χ1) is 39.0. The van der Waals surface area contributed by atoms with Crippen LogP contribution in [0.25, 0.3) is 0 Å². The van der Waals surface area contributed by atoms with E-state index in [4.69, 9.17) is 0 Å². The molecule has 446 valence electrons. The summed E-state index contributed by atoms with van der Waals surface area (Å²) < 4.78 is 0. The fourth-order valence-electron chi connectivity index (χ4n) is 12.4. The second-order valence-electron chi connectivity index (χ2n) is 25.8. The highest BCUT2D eigenvalue weighted by molar-refractivity contribution is 6.01. The molecule has 16 heteroatoms. The zero-order valence-corrected chi connectivity index (χ0v) is 50.8. The molecular weight excluding hydrogens is 1030 g/mol. The maximum Gasteiger partial charge on any atom is 0.254 e. The van der Waals surface area contributed by atoms with Crippen LogP contribution in [-0.2, 0) is 41.6 Å². The summed E-state index contributed by atoms with van der Waals surface area (Å²) in [5, 5.41) is 6.09. The molecular formula is C66H94N8O8. The second kappa shape index (κ2) is 28.2. The maximum absolute atomic E-state index is 15.0. The predicted molar refractivity (Wildman–Crippen MR) is 319 cm³/mol. The number of nitrogens with one attached hydrogen (secondary N) is 2. The number of likely N-dealkylation sites (tertiary alicyclic amines) is 4. The third kappa shape index (κ3) is 15.6. The van der Waals surface area contributed by atoms with E-state index in [-0.39, 0.29) is 77.6 Å². The third-order valence-corrected chi connectivity index (χ3v) is 17.9. The summed E-state index contributed by atoms with van der Waals surface area (Å²) >= 11 is 0. The first kappa shape index (κ1) is 63.2. The molecule has 16 nitrogen and oxygen atoms in total. The Kier molecular flexibility index (Phi) is 21.8. The summed E-state index contributed by atoms with van der Waals surface area (Å²) in [7, 11) is 1.74. The fraction of sp³-hybridized carbons (Fsp3) is 0.606. The van der Waals surface area contributed by atoms with Crippen LogP contribution in [0, 0.1) is 22.7 Å². The zero-order chi connectivity index (χ0) is 59.5. The van der Waals surface area contributed by atoms with Crippen molar-refractivity contribution in [2.75, 3.05) is 59.4 Å². The molecule has 0 bridgehead atoms. The number of amides is 7. The van der Waals surface area contributed by atoms with E-state index >= 15 is 0 Å². The number of nitrogens with zero attached hydrogens (tertiary/aromatic N) is 6. The first-order valence-corrected chi connectivity index (χ1v) is 30.5. The SMILES string of the molecule is CC[C@@H](C)C(=O)N[C@H](C(=O)N1CCC[C@H]1CN(CCc1ccccc1)C(=O)[C@H]1CCCN1C(=O)c1ccc(C(=O)N2CCC[C@@H]2C(=O)N(CCc2ccccc2)C[C@@H]2CCCN2C(=O)[C@@H](CC(=O)[C@H](C)NC)C(C)(C)C)cc1)C(C)(C)C. The van der Waals surface area contributed by atoms with E-state index in [0.717, 1.165) is 30.4 Å². The second-order valence-corrected chi connectivity index (χ2v) is 25.8. The van der Waals surface area contributed by atoms with Gasteiger partial charge in [-0.2, -0.15) is 0 Å². The molecule has 0 aromatic heterocycles. The summed E-state index contributed by atoms with van der Waals surface area (Å²) in [5.41, 5.74) is 1.81. The smallest absolute Gasteiger partial charge is 0.254 e. The van der Waals surface area contributed by atoms with Crippen molar-refractivity contribution >= 4 is 47.1 Å². The van der Waals surface area contributed by atoms with Crippen LogP contribution in [0.15, 0.2) is 84.9 Å². The molecule has 0 saturated carbocycles. The van der Waals surface area contributed by atoms with Crippen LogP contribution in [0.4, 0.5) is 0 Å². The lowest BCUT2D eigenvalue weighted by Gasteiger charge is -2.38. The van der Waals surface area contributed by atoms with Crippen LogP contribution in [0.2, 0.25) is 0 Å². The molecule has 0 radical (unpaired) electrons. The van der Waals surface area contributed by atoms with Crippen molar-refractivity contribution < 1.29 is 38.4 Å². The normalized spacial score (nSPS) is 20.8. The van der Waals surface area contributed by atoms with Gasteiger partial charge in [0.25, 0.3) is 11.8 Å². The monoisotopic (exact) mass is 1130 g/mol. The van der Waals surface area contributed by atoms with E-state index < -0.39 is 34.9 Å². The topological polar surface area (TPSA) is 180 Å². The van der Waals surface area contributed by atoms with Crippen LogP contribution in [-0.4, -0.2) is 172 Å². The van der Waals surface area contributed by atoms with Gasteiger partial charge in [-0.25, -0.2) is 0 Å². The van der Waals surface area contributed by atoms with Gasteiger partial charge in [-0.05, 0) is 131 Å². The van der Waals surface area contributed by atoms with Crippen molar-refractivity contribution in [3.05, 3.63) is 107 Å². The predicted octanol–water partition coefficient (Wildman–Crippen LogP) is 7.83. The summed E-state index contributed by atoms with van der Waals surface area (Å²) in [4.78, 5) is 125. The molecule has 3 aromatic carbocycles. The number of carbonyl (C=O) groups excluding carboxylic acids is 8. The number of Topliss-reactive ketones (excluding diaryl/α,β-unsaturated/α-hetero) is 1. The Labute approximate surface area is 488 Å².